The lowest BCUT2D eigenvalue weighted by Gasteiger charge is -2.26. The van der Waals surface area contributed by atoms with Gasteiger partial charge in [0, 0.05) is 41.7 Å². The molecule has 1 aliphatic heterocycles. The SMILES string of the molecule is O=C(c1cc2ccccc2[nH]1)N1CCc2[nH]c(Br)c(Br)c2C1. The number of fused-ring (bicyclic) bond motifs is 2. The number of H-pyrrole nitrogens is 2. The van der Waals surface area contributed by atoms with Crippen molar-refractivity contribution in [3.05, 3.63) is 56.4 Å². The molecule has 0 fully saturated rings. The van der Waals surface area contributed by atoms with Crippen LogP contribution in [0.3, 0.4) is 0 Å². The van der Waals surface area contributed by atoms with Crippen molar-refractivity contribution in [2.24, 2.45) is 0 Å². The van der Waals surface area contributed by atoms with Gasteiger partial charge >= 0.3 is 0 Å². The minimum Gasteiger partial charge on any atom is -0.352 e. The summed E-state index contributed by atoms with van der Waals surface area (Å²) in [5, 5.41) is 1.06. The van der Waals surface area contributed by atoms with E-state index in [1.807, 2.05) is 35.2 Å². The fraction of sp³-hybridized carbons (Fsp3) is 0.188. The van der Waals surface area contributed by atoms with Crippen LogP contribution in [-0.4, -0.2) is 27.3 Å². The lowest BCUT2D eigenvalue weighted by Crippen LogP contribution is -2.36. The van der Waals surface area contributed by atoms with Gasteiger partial charge in [0.15, 0.2) is 0 Å². The zero-order chi connectivity index (χ0) is 15.3. The molecule has 0 spiro atoms. The van der Waals surface area contributed by atoms with Gasteiger partial charge in [-0.05, 0) is 44.0 Å². The molecule has 0 atom stereocenters. The fourth-order valence-electron chi connectivity index (χ4n) is 2.95. The molecule has 2 aromatic heterocycles. The average molecular weight is 423 g/mol. The number of halogens is 2. The molecule has 0 saturated carbocycles. The Labute approximate surface area is 144 Å². The van der Waals surface area contributed by atoms with Gasteiger partial charge in [-0.3, -0.25) is 4.79 Å². The van der Waals surface area contributed by atoms with Crippen LogP contribution in [0.5, 0.6) is 0 Å². The third kappa shape index (κ3) is 2.21. The van der Waals surface area contributed by atoms with Crippen molar-refractivity contribution in [3.8, 4) is 0 Å². The first-order valence-electron chi connectivity index (χ1n) is 7.05. The second-order valence-corrected chi connectivity index (χ2v) is 7.04. The highest BCUT2D eigenvalue weighted by molar-refractivity contribution is 9.13. The monoisotopic (exact) mass is 421 g/mol. The minimum absolute atomic E-state index is 0.0473. The van der Waals surface area contributed by atoms with Crippen LogP contribution in [0.25, 0.3) is 10.9 Å². The van der Waals surface area contributed by atoms with Crippen molar-refractivity contribution in [2.45, 2.75) is 13.0 Å². The number of para-hydroxylation sites is 1. The number of carbonyl (C=O) groups excluding carboxylic acids is 1. The van der Waals surface area contributed by atoms with Gasteiger partial charge in [0.05, 0.1) is 9.08 Å². The Bertz CT molecular complexity index is 848. The van der Waals surface area contributed by atoms with Crippen LogP contribution < -0.4 is 0 Å². The maximum Gasteiger partial charge on any atom is 0.270 e. The van der Waals surface area contributed by atoms with E-state index in [9.17, 15) is 4.79 Å². The number of amides is 1. The zero-order valence-electron chi connectivity index (χ0n) is 11.6. The summed E-state index contributed by atoms with van der Waals surface area (Å²) in [5.74, 6) is 0.0473. The van der Waals surface area contributed by atoms with Crippen LogP contribution in [0, 0.1) is 0 Å². The molecule has 0 radical (unpaired) electrons. The Morgan fingerprint density at radius 2 is 2.00 bits per heavy atom. The number of benzene rings is 1. The molecule has 6 heteroatoms. The predicted octanol–water partition coefficient (Wildman–Crippen LogP) is 4.22. The topological polar surface area (TPSA) is 51.9 Å². The summed E-state index contributed by atoms with van der Waals surface area (Å²) in [5.41, 5.74) is 3.99. The van der Waals surface area contributed by atoms with Crippen molar-refractivity contribution in [1.82, 2.24) is 14.9 Å². The smallest absolute Gasteiger partial charge is 0.270 e. The summed E-state index contributed by atoms with van der Waals surface area (Å²) in [7, 11) is 0. The Morgan fingerprint density at radius 1 is 1.18 bits per heavy atom. The second-order valence-electron chi connectivity index (χ2n) is 5.46. The normalized spacial score (nSPS) is 14.4. The third-order valence-corrected chi connectivity index (χ3v) is 6.11. The van der Waals surface area contributed by atoms with Gasteiger partial charge in [-0.1, -0.05) is 18.2 Å². The van der Waals surface area contributed by atoms with Crippen molar-refractivity contribution in [2.75, 3.05) is 6.54 Å². The Morgan fingerprint density at radius 3 is 2.82 bits per heavy atom. The van der Waals surface area contributed by atoms with Crippen molar-refractivity contribution >= 4 is 48.7 Å². The lowest BCUT2D eigenvalue weighted by atomic mass is 10.1. The Hall–Kier alpha value is -1.53. The number of nitrogens with zero attached hydrogens (tertiary/aromatic N) is 1. The first kappa shape index (κ1) is 14.1. The van der Waals surface area contributed by atoms with Crippen LogP contribution in [-0.2, 0) is 13.0 Å². The average Bonchev–Trinajstić information content (AvgIpc) is 3.08. The molecule has 4 nitrogen and oxygen atoms in total. The quantitative estimate of drug-likeness (QED) is 0.606. The molecule has 1 aromatic carbocycles. The van der Waals surface area contributed by atoms with Gasteiger partial charge in [0.25, 0.3) is 5.91 Å². The van der Waals surface area contributed by atoms with Crippen LogP contribution in [0.1, 0.15) is 21.7 Å². The molecule has 0 bridgehead atoms. The number of aromatic nitrogens is 2. The van der Waals surface area contributed by atoms with Crippen LogP contribution in [0.2, 0.25) is 0 Å². The van der Waals surface area contributed by atoms with Crippen molar-refractivity contribution in [1.29, 1.82) is 0 Å². The predicted molar refractivity (Wildman–Crippen MR) is 92.9 cm³/mol. The highest BCUT2D eigenvalue weighted by atomic mass is 79.9. The van der Waals surface area contributed by atoms with Crippen LogP contribution in [0.4, 0.5) is 0 Å². The molecule has 1 aliphatic rings. The standard InChI is InChI=1S/C16H13Br2N3O/c17-14-10-8-21(6-5-12(10)20-15(14)18)16(22)13-7-9-3-1-2-4-11(9)19-13/h1-4,7,19-20H,5-6,8H2. The van der Waals surface area contributed by atoms with Crippen molar-refractivity contribution in [3.63, 3.8) is 0 Å². The number of rotatable bonds is 1. The Balaban J connectivity index is 1.65. The summed E-state index contributed by atoms with van der Waals surface area (Å²) in [4.78, 5) is 21.2. The summed E-state index contributed by atoms with van der Waals surface area (Å²) in [6.07, 6.45) is 0.839. The van der Waals surface area contributed by atoms with Crippen LogP contribution in [0.15, 0.2) is 39.4 Å². The number of carbonyl (C=O) groups is 1. The lowest BCUT2D eigenvalue weighted by molar-refractivity contribution is 0.0729. The van der Waals surface area contributed by atoms with Crippen LogP contribution >= 0.6 is 31.9 Å². The minimum atomic E-state index is 0.0473. The van der Waals surface area contributed by atoms with E-state index in [0.29, 0.717) is 12.2 Å². The van der Waals surface area contributed by atoms with E-state index in [4.69, 9.17) is 0 Å². The molecule has 22 heavy (non-hydrogen) atoms. The molecule has 2 N–H and O–H groups in total. The number of nitrogens with one attached hydrogen (secondary N) is 2. The molecule has 112 valence electrons. The largest absolute Gasteiger partial charge is 0.352 e. The molecule has 4 rings (SSSR count). The van der Waals surface area contributed by atoms with E-state index in [1.165, 1.54) is 5.69 Å². The summed E-state index contributed by atoms with van der Waals surface area (Å²) >= 11 is 7.06. The fourth-order valence-corrected chi connectivity index (χ4v) is 3.90. The van der Waals surface area contributed by atoms with E-state index >= 15 is 0 Å². The molecule has 3 heterocycles. The van der Waals surface area contributed by atoms with Gasteiger partial charge in [0.1, 0.15) is 5.69 Å². The molecule has 0 unspecified atom stereocenters. The second kappa shape index (κ2) is 5.28. The van der Waals surface area contributed by atoms with E-state index < -0.39 is 0 Å². The summed E-state index contributed by atoms with van der Waals surface area (Å²) in [6, 6.07) is 9.87. The summed E-state index contributed by atoms with van der Waals surface area (Å²) < 4.78 is 1.95. The molecule has 1 amide bonds. The van der Waals surface area contributed by atoms with Gasteiger partial charge < -0.3 is 14.9 Å². The van der Waals surface area contributed by atoms with Gasteiger partial charge in [-0.15, -0.1) is 0 Å². The summed E-state index contributed by atoms with van der Waals surface area (Å²) in [6.45, 7) is 1.34. The van der Waals surface area contributed by atoms with E-state index in [2.05, 4.69) is 41.8 Å². The van der Waals surface area contributed by atoms with Gasteiger partial charge in [-0.25, -0.2) is 0 Å². The maximum atomic E-state index is 12.8. The van der Waals surface area contributed by atoms with E-state index in [0.717, 1.165) is 38.5 Å². The molecule has 3 aromatic rings. The van der Waals surface area contributed by atoms with Crippen molar-refractivity contribution < 1.29 is 4.79 Å². The molecular formula is C16H13Br2N3O. The number of aromatic amines is 2. The van der Waals surface area contributed by atoms with E-state index in [1.54, 1.807) is 0 Å². The first-order chi connectivity index (χ1) is 10.6. The number of hydrogen-bond acceptors (Lipinski definition) is 1. The third-order valence-electron chi connectivity index (χ3n) is 4.11. The first-order valence-corrected chi connectivity index (χ1v) is 8.64. The Kier molecular flexibility index (Phi) is 3.38. The number of hydrogen-bond donors (Lipinski definition) is 2. The highest BCUT2D eigenvalue weighted by Crippen LogP contribution is 2.33. The maximum absolute atomic E-state index is 12.8. The molecule has 0 aliphatic carbocycles. The van der Waals surface area contributed by atoms with Gasteiger partial charge in [-0.2, -0.15) is 0 Å². The highest BCUT2D eigenvalue weighted by Gasteiger charge is 2.26. The van der Waals surface area contributed by atoms with Gasteiger partial charge in [0.2, 0.25) is 0 Å². The molecular weight excluding hydrogens is 410 g/mol. The molecule has 0 saturated heterocycles. The zero-order valence-corrected chi connectivity index (χ0v) is 14.8. The van der Waals surface area contributed by atoms with E-state index in [-0.39, 0.29) is 5.91 Å².